The second-order valence-corrected chi connectivity index (χ2v) is 8.80. The number of aromatic nitrogens is 4. The molecular formula is C28H36N6O. The summed E-state index contributed by atoms with van der Waals surface area (Å²) in [4.78, 5) is 29.1. The van der Waals surface area contributed by atoms with Crippen LogP contribution >= 0.6 is 0 Å². The number of fused-ring (bicyclic) bond motifs is 1. The van der Waals surface area contributed by atoms with Crippen molar-refractivity contribution in [1.82, 2.24) is 24.8 Å². The Hall–Kier alpha value is -3.74. The smallest absolute Gasteiger partial charge is 0.251 e. The number of hydrogen-bond donors (Lipinski definition) is 1. The lowest BCUT2D eigenvalue weighted by Crippen LogP contribution is -2.29. The molecule has 0 aliphatic rings. The highest BCUT2D eigenvalue weighted by Gasteiger charge is 2.18. The molecule has 0 radical (unpaired) electrons. The number of nitrogens with zero attached hydrogens (tertiary/aromatic N) is 5. The van der Waals surface area contributed by atoms with Gasteiger partial charge in [0, 0.05) is 49.7 Å². The van der Waals surface area contributed by atoms with E-state index in [1.165, 1.54) is 0 Å². The first kappa shape index (κ1) is 25.9. The molecule has 0 atom stereocenters. The van der Waals surface area contributed by atoms with Gasteiger partial charge in [-0.05, 0) is 44.4 Å². The van der Waals surface area contributed by atoms with Gasteiger partial charge in [-0.3, -0.25) is 4.79 Å². The molecule has 0 saturated carbocycles. The maximum atomic E-state index is 12.8. The molecule has 184 valence electrons. The van der Waals surface area contributed by atoms with E-state index in [-0.39, 0.29) is 5.91 Å². The number of rotatable bonds is 12. The Labute approximate surface area is 208 Å². The fourth-order valence-corrected chi connectivity index (χ4v) is 3.91. The van der Waals surface area contributed by atoms with Crippen molar-refractivity contribution in [1.29, 1.82) is 0 Å². The molecule has 0 aliphatic carbocycles. The highest BCUT2D eigenvalue weighted by molar-refractivity contribution is 5.97. The number of imidazole rings is 1. The first-order chi connectivity index (χ1) is 17.0. The van der Waals surface area contributed by atoms with Crippen LogP contribution in [0.2, 0.25) is 0 Å². The molecule has 0 fully saturated rings. The summed E-state index contributed by atoms with van der Waals surface area (Å²) in [6, 6.07) is 5.52. The molecule has 2 heterocycles. The quantitative estimate of drug-likeness (QED) is 0.287. The summed E-state index contributed by atoms with van der Waals surface area (Å²) in [5, 5.41) is 3.00. The van der Waals surface area contributed by atoms with E-state index in [1.807, 2.05) is 54.1 Å². The average molecular weight is 473 g/mol. The highest BCUT2D eigenvalue weighted by Crippen LogP contribution is 2.28. The fourth-order valence-electron chi connectivity index (χ4n) is 3.91. The van der Waals surface area contributed by atoms with Gasteiger partial charge in [0.2, 0.25) is 0 Å². The molecule has 0 unspecified atom stereocenters. The van der Waals surface area contributed by atoms with Crippen LogP contribution < -0.4 is 10.2 Å². The standard InChI is InChI=1S/C28H36N6O/c1-6-10-22(11-7-2)26-27(34(8-3)19-21(4)5)32-24-13-12-23(18-25(24)31-26)28(35)30-14-9-16-33-17-15-29-20-33/h6-7,10-13,15,17-18,20-21H,1,8-9,14,16,19H2,2-5H3,(H,30,35). The van der Waals surface area contributed by atoms with Gasteiger partial charge in [0.15, 0.2) is 5.82 Å². The summed E-state index contributed by atoms with van der Waals surface area (Å²) < 4.78 is 1.99. The van der Waals surface area contributed by atoms with Crippen molar-refractivity contribution in [3.05, 3.63) is 79.1 Å². The molecule has 0 aliphatic heterocycles. The molecule has 0 bridgehead atoms. The third-order valence-electron chi connectivity index (χ3n) is 5.53. The van der Waals surface area contributed by atoms with Gasteiger partial charge in [-0.2, -0.15) is 0 Å². The maximum Gasteiger partial charge on any atom is 0.251 e. The Morgan fingerprint density at radius 3 is 2.74 bits per heavy atom. The van der Waals surface area contributed by atoms with E-state index < -0.39 is 0 Å². The van der Waals surface area contributed by atoms with Crippen molar-refractivity contribution in [3.63, 3.8) is 0 Å². The van der Waals surface area contributed by atoms with Gasteiger partial charge in [0.05, 0.1) is 17.4 Å². The van der Waals surface area contributed by atoms with Gasteiger partial charge in [0.25, 0.3) is 5.91 Å². The van der Waals surface area contributed by atoms with Crippen LogP contribution in [-0.4, -0.2) is 45.1 Å². The molecule has 35 heavy (non-hydrogen) atoms. The van der Waals surface area contributed by atoms with E-state index in [4.69, 9.17) is 9.97 Å². The Balaban J connectivity index is 1.92. The molecule has 0 saturated heterocycles. The summed E-state index contributed by atoms with van der Waals surface area (Å²) >= 11 is 0. The van der Waals surface area contributed by atoms with E-state index in [2.05, 4.69) is 42.6 Å². The highest BCUT2D eigenvalue weighted by atomic mass is 16.1. The largest absolute Gasteiger partial charge is 0.355 e. The first-order valence-electron chi connectivity index (χ1n) is 12.2. The van der Waals surface area contributed by atoms with Crippen molar-refractivity contribution in [2.24, 2.45) is 5.92 Å². The van der Waals surface area contributed by atoms with E-state index in [9.17, 15) is 4.79 Å². The first-order valence-corrected chi connectivity index (χ1v) is 12.2. The summed E-state index contributed by atoms with van der Waals surface area (Å²) in [5.41, 5.74) is 3.75. The zero-order chi connectivity index (χ0) is 25.2. The van der Waals surface area contributed by atoms with Crippen molar-refractivity contribution in [2.75, 3.05) is 24.5 Å². The topological polar surface area (TPSA) is 75.9 Å². The SMILES string of the molecule is C=CC=C(C=CC)c1nc2cc(C(=O)NCCCn3ccnc3)ccc2nc1N(CC)CC(C)C. The average Bonchev–Trinajstić information content (AvgIpc) is 3.37. The van der Waals surface area contributed by atoms with Gasteiger partial charge in [-0.15, -0.1) is 0 Å². The second kappa shape index (κ2) is 12.6. The van der Waals surface area contributed by atoms with Crippen LogP contribution in [0.25, 0.3) is 16.6 Å². The fraction of sp³-hybridized carbons (Fsp3) is 0.357. The predicted octanol–water partition coefficient (Wildman–Crippen LogP) is 5.27. The van der Waals surface area contributed by atoms with Crippen LogP contribution in [-0.2, 0) is 6.54 Å². The zero-order valence-electron chi connectivity index (χ0n) is 21.2. The molecule has 7 nitrogen and oxygen atoms in total. The monoisotopic (exact) mass is 472 g/mol. The minimum absolute atomic E-state index is 0.115. The summed E-state index contributed by atoms with van der Waals surface area (Å²) in [6.07, 6.45) is 14.0. The van der Waals surface area contributed by atoms with Crippen molar-refractivity contribution >= 4 is 28.3 Å². The molecular weight excluding hydrogens is 436 g/mol. The number of benzene rings is 1. The lowest BCUT2D eigenvalue weighted by Gasteiger charge is -2.26. The van der Waals surface area contributed by atoms with E-state index in [0.29, 0.717) is 23.5 Å². The van der Waals surface area contributed by atoms with Gasteiger partial charge in [0.1, 0.15) is 5.69 Å². The molecule has 1 amide bonds. The van der Waals surface area contributed by atoms with Gasteiger partial charge in [-0.1, -0.05) is 44.7 Å². The van der Waals surface area contributed by atoms with E-state index >= 15 is 0 Å². The Morgan fingerprint density at radius 2 is 2.09 bits per heavy atom. The Morgan fingerprint density at radius 1 is 1.26 bits per heavy atom. The normalized spacial score (nSPS) is 12.0. The van der Waals surface area contributed by atoms with Crippen molar-refractivity contribution in [2.45, 2.75) is 40.7 Å². The second-order valence-electron chi connectivity index (χ2n) is 8.80. The zero-order valence-corrected chi connectivity index (χ0v) is 21.2. The number of hydrogen-bond acceptors (Lipinski definition) is 5. The number of aryl methyl sites for hydroxylation is 1. The molecule has 1 N–H and O–H groups in total. The molecule has 7 heteroatoms. The molecule has 3 aromatic rings. The molecule has 2 aromatic heterocycles. The molecule has 1 aromatic carbocycles. The van der Waals surface area contributed by atoms with Gasteiger partial charge >= 0.3 is 0 Å². The maximum absolute atomic E-state index is 12.8. The Bertz CT molecular complexity index is 1190. The number of anilines is 1. The summed E-state index contributed by atoms with van der Waals surface area (Å²) in [6.45, 7) is 15.5. The van der Waals surface area contributed by atoms with Crippen LogP contribution in [0.15, 0.2) is 67.8 Å². The lowest BCUT2D eigenvalue weighted by molar-refractivity contribution is 0.0953. The number of allylic oxidation sites excluding steroid dienone is 5. The summed E-state index contributed by atoms with van der Waals surface area (Å²) in [5.74, 6) is 1.21. The van der Waals surface area contributed by atoms with Gasteiger partial charge < -0.3 is 14.8 Å². The number of nitrogens with one attached hydrogen (secondary N) is 1. The minimum atomic E-state index is -0.115. The van der Waals surface area contributed by atoms with Crippen LogP contribution in [0.3, 0.4) is 0 Å². The van der Waals surface area contributed by atoms with Crippen LogP contribution in [0.1, 0.15) is 50.2 Å². The van der Waals surface area contributed by atoms with Crippen molar-refractivity contribution in [3.8, 4) is 0 Å². The van der Waals surface area contributed by atoms with E-state index in [1.54, 1.807) is 18.6 Å². The van der Waals surface area contributed by atoms with Crippen LogP contribution in [0.4, 0.5) is 5.82 Å². The third kappa shape index (κ3) is 6.88. The molecule has 0 spiro atoms. The van der Waals surface area contributed by atoms with Crippen LogP contribution in [0.5, 0.6) is 0 Å². The number of amides is 1. The summed E-state index contributed by atoms with van der Waals surface area (Å²) in [7, 11) is 0. The lowest BCUT2D eigenvalue weighted by atomic mass is 10.1. The predicted molar refractivity (Wildman–Crippen MR) is 144 cm³/mol. The number of carbonyl (C=O) groups excluding carboxylic acids is 1. The minimum Gasteiger partial charge on any atom is -0.355 e. The van der Waals surface area contributed by atoms with Crippen LogP contribution in [0, 0.1) is 5.92 Å². The van der Waals surface area contributed by atoms with Gasteiger partial charge in [-0.25, -0.2) is 15.0 Å². The molecule has 3 rings (SSSR count). The third-order valence-corrected chi connectivity index (χ3v) is 5.53. The van der Waals surface area contributed by atoms with Crippen molar-refractivity contribution < 1.29 is 4.79 Å². The van der Waals surface area contributed by atoms with E-state index in [0.717, 1.165) is 48.7 Å². The Kier molecular flexibility index (Phi) is 9.35. The number of carbonyl (C=O) groups is 1.